The van der Waals surface area contributed by atoms with Crippen molar-refractivity contribution in [3.05, 3.63) is 72.9 Å². The van der Waals surface area contributed by atoms with E-state index in [9.17, 15) is 13.2 Å². The van der Waals surface area contributed by atoms with Gasteiger partial charge < -0.3 is 9.47 Å². The van der Waals surface area contributed by atoms with E-state index in [1.54, 1.807) is 18.2 Å². The first-order valence-corrected chi connectivity index (χ1v) is 10.3. The van der Waals surface area contributed by atoms with E-state index in [1.165, 1.54) is 29.3 Å². The highest BCUT2D eigenvalue weighted by molar-refractivity contribution is 7.92. The third-order valence-corrected chi connectivity index (χ3v) is 5.54. The number of para-hydroxylation sites is 1. The molecule has 3 aromatic rings. The lowest BCUT2D eigenvalue weighted by Crippen LogP contribution is -2.23. The average molecular weight is 411 g/mol. The van der Waals surface area contributed by atoms with Gasteiger partial charge in [0, 0.05) is 5.69 Å². The molecule has 1 aliphatic heterocycles. The molecule has 148 valence electrons. The molecule has 0 radical (unpaired) electrons. The summed E-state index contributed by atoms with van der Waals surface area (Å²) < 4.78 is 38.1. The van der Waals surface area contributed by atoms with Gasteiger partial charge in [0.25, 0.3) is 10.0 Å². The monoisotopic (exact) mass is 411 g/mol. The summed E-state index contributed by atoms with van der Waals surface area (Å²) in [6.45, 7) is 0.751. The summed E-state index contributed by atoms with van der Waals surface area (Å²) in [6, 6.07) is 18.3. The number of anilines is 2. The molecule has 1 amide bonds. The van der Waals surface area contributed by atoms with Gasteiger partial charge in [0.1, 0.15) is 23.9 Å². The highest BCUT2D eigenvalue weighted by Crippen LogP contribution is 2.24. The Morgan fingerprint density at radius 1 is 0.966 bits per heavy atom. The largest absolute Gasteiger partial charge is 0.456 e. The number of amides is 1. The smallest absolute Gasteiger partial charge is 0.414 e. The number of nitrogens with zero attached hydrogens (tertiary/aromatic N) is 2. The number of carbonyl (C=O) groups excluding carboxylic acids is 1. The average Bonchev–Trinajstić information content (AvgIpc) is 3.16. The van der Waals surface area contributed by atoms with E-state index in [-0.39, 0.29) is 10.7 Å². The molecule has 8 nitrogen and oxygen atoms in total. The van der Waals surface area contributed by atoms with Crippen LogP contribution in [0, 0.1) is 0 Å². The van der Waals surface area contributed by atoms with Gasteiger partial charge in [0.2, 0.25) is 0 Å². The van der Waals surface area contributed by atoms with E-state index in [0.717, 1.165) is 0 Å². The summed E-state index contributed by atoms with van der Waals surface area (Å²) in [5, 5.41) is 0. The van der Waals surface area contributed by atoms with Crippen molar-refractivity contribution < 1.29 is 22.7 Å². The topological polar surface area (TPSA) is 97.8 Å². The minimum absolute atomic E-state index is 0.0558. The summed E-state index contributed by atoms with van der Waals surface area (Å²) in [7, 11) is -3.83. The Morgan fingerprint density at radius 3 is 2.34 bits per heavy atom. The van der Waals surface area contributed by atoms with Gasteiger partial charge in [-0.2, -0.15) is 0 Å². The molecule has 1 aliphatic rings. The molecule has 1 aromatic heterocycles. The number of hydrogen-bond acceptors (Lipinski definition) is 6. The first-order valence-electron chi connectivity index (χ1n) is 8.77. The van der Waals surface area contributed by atoms with Gasteiger partial charge in [-0.1, -0.05) is 18.2 Å². The summed E-state index contributed by atoms with van der Waals surface area (Å²) in [5.74, 6) is 1.31. The van der Waals surface area contributed by atoms with Crippen LogP contribution in [0.25, 0.3) is 0 Å². The lowest BCUT2D eigenvalue weighted by atomic mass is 10.3. The number of rotatable bonds is 6. The molecule has 1 fully saturated rings. The standard InChI is InChI=1S/C20H17N3O5S/c24-20-23(12-13-27-20)15-6-9-18(10-7-15)29(25,26)22-19-11-8-17(14-21-19)28-16-4-2-1-3-5-16/h1-11,14H,12-13H2,(H,21,22). The molecule has 4 rings (SSSR count). The van der Waals surface area contributed by atoms with Crippen LogP contribution in [0.15, 0.2) is 77.8 Å². The molecule has 2 aromatic carbocycles. The summed E-state index contributed by atoms with van der Waals surface area (Å²) >= 11 is 0. The minimum Gasteiger partial charge on any atom is -0.456 e. The zero-order valence-corrected chi connectivity index (χ0v) is 16.0. The molecule has 1 N–H and O–H groups in total. The fraction of sp³-hybridized carbons (Fsp3) is 0.100. The van der Waals surface area contributed by atoms with Crippen LogP contribution < -0.4 is 14.4 Å². The fourth-order valence-corrected chi connectivity index (χ4v) is 3.76. The fourth-order valence-electron chi connectivity index (χ4n) is 2.76. The molecular weight excluding hydrogens is 394 g/mol. The molecular formula is C20H17N3O5S. The van der Waals surface area contributed by atoms with E-state index in [4.69, 9.17) is 9.47 Å². The van der Waals surface area contributed by atoms with Gasteiger partial charge in [0.15, 0.2) is 0 Å². The lowest BCUT2D eigenvalue weighted by molar-refractivity contribution is 0.181. The van der Waals surface area contributed by atoms with Crippen molar-refractivity contribution >= 4 is 27.6 Å². The predicted molar refractivity (Wildman–Crippen MR) is 107 cm³/mol. The Kier molecular flexibility index (Phi) is 5.05. The quantitative estimate of drug-likeness (QED) is 0.665. The van der Waals surface area contributed by atoms with Crippen molar-refractivity contribution in [3.63, 3.8) is 0 Å². The van der Waals surface area contributed by atoms with Crippen molar-refractivity contribution in [1.29, 1.82) is 0 Å². The molecule has 0 bridgehead atoms. The third kappa shape index (κ3) is 4.30. The second-order valence-electron chi connectivity index (χ2n) is 6.16. The zero-order chi connectivity index (χ0) is 20.3. The Labute approximate surface area is 167 Å². The first kappa shape index (κ1) is 18.8. The number of hydrogen-bond donors (Lipinski definition) is 1. The van der Waals surface area contributed by atoms with E-state index < -0.39 is 16.1 Å². The van der Waals surface area contributed by atoms with E-state index in [1.807, 2.05) is 30.3 Å². The van der Waals surface area contributed by atoms with E-state index in [0.29, 0.717) is 30.3 Å². The Balaban J connectivity index is 1.44. The summed E-state index contributed by atoms with van der Waals surface area (Å²) in [5.41, 5.74) is 0.576. The number of sulfonamides is 1. The number of nitrogens with one attached hydrogen (secondary N) is 1. The Bertz CT molecular complexity index is 1100. The maximum absolute atomic E-state index is 12.6. The Hall–Kier alpha value is -3.59. The maximum Gasteiger partial charge on any atom is 0.414 e. The molecule has 1 saturated heterocycles. The minimum atomic E-state index is -3.83. The molecule has 2 heterocycles. The van der Waals surface area contributed by atoms with Crippen molar-refractivity contribution in [1.82, 2.24) is 4.98 Å². The summed E-state index contributed by atoms with van der Waals surface area (Å²) in [6.07, 6.45) is 0.994. The second kappa shape index (κ2) is 7.80. The van der Waals surface area contributed by atoms with Gasteiger partial charge in [-0.05, 0) is 48.5 Å². The molecule has 9 heteroatoms. The lowest BCUT2D eigenvalue weighted by Gasteiger charge is -2.13. The molecule has 0 unspecified atom stereocenters. The Morgan fingerprint density at radius 2 is 1.72 bits per heavy atom. The molecule has 0 spiro atoms. The zero-order valence-electron chi connectivity index (χ0n) is 15.2. The number of pyridine rings is 1. The van der Waals surface area contributed by atoms with Crippen LogP contribution in [0.4, 0.5) is 16.3 Å². The first-order chi connectivity index (χ1) is 14.0. The predicted octanol–water partition coefficient (Wildman–Crippen LogP) is 3.63. The van der Waals surface area contributed by atoms with Gasteiger partial charge in [0.05, 0.1) is 17.6 Å². The third-order valence-electron chi connectivity index (χ3n) is 4.17. The number of aromatic nitrogens is 1. The van der Waals surface area contributed by atoms with Crippen LogP contribution >= 0.6 is 0 Å². The van der Waals surface area contributed by atoms with Gasteiger partial charge in [-0.3, -0.25) is 9.62 Å². The van der Waals surface area contributed by atoms with Crippen molar-refractivity contribution in [2.45, 2.75) is 4.90 Å². The summed E-state index contributed by atoms with van der Waals surface area (Å²) in [4.78, 5) is 17.2. The normalized spacial score (nSPS) is 13.8. The highest BCUT2D eigenvalue weighted by atomic mass is 32.2. The number of benzene rings is 2. The molecule has 29 heavy (non-hydrogen) atoms. The second-order valence-corrected chi connectivity index (χ2v) is 7.84. The van der Waals surface area contributed by atoms with Crippen LogP contribution in [-0.2, 0) is 14.8 Å². The van der Waals surface area contributed by atoms with Crippen LogP contribution in [0.5, 0.6) is 11.5 Å². The highest BCUT2D eigenvalue weighted by Gasteiger charge is 2.24. The number of ether oxygens (including phenoxy) is 2. The van der Waals surface area contributed by atoms with Crippen LogP contribution in [0.3, 0.4) is 0 Å². The maximum atomic E-state index is 12.6. The van der Waals surface area contributed by atoms with Crippen LogP contribution in [-0.4, -0.2) is 32.6 Å². The van der Waals surface area contributed by atoms with Gasteiger partial charge >= 0.3 is 6.09 Å². The van der Waals surface area contributed by atoms with Crippen molar-refractivity contribution in [2.24, 2.45) is 0 Å². The number of cyclic esters (lactones) is 1. The SMILES string of the molecule is O=C1OCCN1c1ccc(S(=O)(=O)Nc2ccc(Oc3ccccc3)cn2)cc1. The van der Waals surface area contributed by atoms with E-state index >= 15 is 0 Å². The van der Waals surface area contributed by atoms with Crippen molar-refractivity contribution in [3.8, 4) is 11.5 Å². The van der Waals surface area contributed by atoms with Gasteiger partial charge in [-0.25, -0.2) is 18.2 Å². The number of carbonyl (C=O) groups is 1. The van der Waals surface area contributed by atoms with E-state index in [2.05, 4.69) is 9.71 Å². The van der Waals surface area contributed by atoms with Crippen LogP contribution in [0.1, 0.15) is 0 Å². The van der Waals surface area contributed by atoms with Crippen LogP contribution in [0.2, 0.25) is 0 Å². The van der Waals surface area contributed by atoms with Crippen molar-refractivity contribution in [2.75, 3.05) is 22.8 Å². The molecule has 0 saturated carbocycles. The van der Waals surface area contributed by atoms with Gasteiger partial charge in [-0.15, -0.1) is 0 Å². The molecule has 0 atom stereocenters. The molecule has 0 aliphatic carbocycles.